The minimum Gasteiger partial charge on any atom is -0.350 e. The SMILES string of the molecule is CC(=O)c1cccc(N(CC(=O)N(Cc2ccc(Cl)cc2)[C@@H](C)C(=O)NC(C)(C)C)S(C)(=O)=O)c1. The van der Waals surface area contributed by atoms with E-state index in [4.69, 9.17) is 11.6 Å². The van der Waals surface area contributed by atoms with Crippen LogP contribution in [0.2, 0.25) is 5.02 Å². The van der Waals surface area contributed by atoms with Gasteiger partial charge in [0, 0.05) is 22.7 Å². The first-order valence-electron chi connectivity index (χ1n) is 11.0. The maximum atomic E-state index is 13.5. The molecule has 0 saturated heterocycles. The number of ketones is 1. The van der Waals surface area contributed by atoms with E-state index < -0.39 is 34.1 Å². The number of carbonyl (C=O) groups is 3. The second-order valence-corrected chi connectivity index (χ2v) is 11.8. The summed E-state index contributed by atoms with van der Waals surface area (Å²) in [6.45, 7) is 7.98. The molecule has 0 radical (unpaired) electrons. The van der Waals surface area contributed by atoms with E-state index in [1.165, 1.54) is 24.0 Å². The smallest absolute Gasteiger partial charge is 0.244 e. The Labute approximate surface area is 212 Å². The first-order valence-corrected chi connectivity index (χ1v) is 13.3. The lowest BCUT2D eigenvalue weighted by Gasteiger charge is -2.33. The number of nitrogens with one attached hydrogen (secondary N) is 1. The third-order valence-corrected chi connectivity index (χ3v) is 6.54. The molecule has 1 atom stereocenters. The van der Waals surface area contributed by atoms with Crippen molar-refractivity contribution in [3.8, 4) is 0 Å². The van der Waals surface area contributed by atoms with Crippen molar-refractivity contribution in [2.75, 3.05) is 17.1 Å². The molecule has 2 aromatic carbocycles. The summed E-state index contributed by atoms with van der Waals surface area (Å²) in [4.78, 5) is 39.6. The molecule has 0 heterocycles. The van der Waals surface area contributed by atoms with Crippen molar-refractivity contribution >= 4 is 44.9 Å². The lowest BCUT2D eigenvalue weighted by atomic mass is 10.1. The maximum absolute atomic E-state index is 13.5. The number of sulfonamides is 1. The van der Waals surface area contributed by atoms with Crippen LogP contribution in [0.5, 0.6) is 0 Å². The molecule has 0 aliphatic carbocycles. The summed E-state index contributed by atoms with van der Waals surface area (Å²) in [5.41, 5.74) is 0.709. The molecule has 35 heavy (non-hydrogen) atoms. The Morgan fingerprint density at radius 2 is 1.66 bits per heavy atom. The zero-order valence-electron chi connectivity index (χ0n) is 20.8. The molecule has 0 spiro atoms. The predicted octanol–water partition coefficient (Wildman–Crippen LogP) is 3.64. The molecule has 1 N–H and O–H groups in total. The number of carbonyl (C=O) groups excluding carboxylic acids is 3. The first-order chi connectivity index (χ1) is 16.1. The average Bonchev–Trinajstić information content (AvgIpc) is 2.74. The topological polar surface area (TPSA) is 104 Å². The van der Waals surface area contributed by atoms with Crippen LogP contribution < -0.4 is 9.62 Å². The van der Waals surface area contributed by atoms with Gasteiger partial charge in [-0.05, 0) is 64.4 Å². The molecule has 2 amide bonds. The van der Waals surface area contributed by atoms with Gasteiger partial charge in [-0.3, -0.25) is 18.7 Å². The van der Waals surface area contributed by atoms with Gasteiger partial charge >= 0.3 is 0 Å². The van der Waals surface area contributed by atoms with Crippen LogP contribution in [0.3, 0.4) is 0 Å². The van der Waals surface area contributed by atoms with Gasteiger partial charge in [-0.25, -0.2) is 8.42 Å². The zero-order valence-corrected chi connectivity index (χ0v) is 22.4. The molecule has 10 heteroatoms. The van der Waals surface area contributed by atoms with Gasteiger partial charge in [0.05, 0.1) is 11.9 Å². The van der Waals surface area contributed by atoms with E-state index in [1.807, 2.05) is 20.8 Å². The highest BCUT2D eigenvalue weighted by atomic mass is 35.5. The largest absolute Gasteiger partial charge is 0.350 e. The molecule has 0 aliphatic heterocycles. The summed E-state index contributed by atoms with van der Waals surface area (Å²) >= 11 is 5.98. The van der Waals surface area contributed by atoms with E-state index in [0.717, 1.165) is 16.1 Å². The van der Waals surface area contributed by atoms with Gasteiger partial charge in [-0.15, -0.1) is 0 Å². The summed E-state index contributed by atoms with van der Waals surface area (Å²) in [6, 6.07) is 12.0. The van der Waals surface area contributed by atoms with E-state index in [0.29, 0.717) is 10.6 Å². The Hall–Kier alpha value is -2.91. The highest BCUT2D eigenvalue weighted by Crippen LogP contribution is 2.21. The number of hydrogen-bond acceptors (Lipinski definition) is 5. The fourth-order valence-corrected chi connectivity index (χ4v) is 4.30. The van der Waals surface area contributed by atoms with Crippen molar-refractivity contribution in [3.63, 3.8) is 0 Å². The maximum Gasteiger partial charge on any atom is 0.244 e. The Bertz CT molecular complexity index is 1190. The van der Waals surface area contributed by atoms with E-state index in [2.05, 4.69) is 5.32 Å². The van der Waals surface area contributed by atoms with Crippen LogP contribution in [0.4, 0.5) is 5.69 Å². The second kappa shape index (κ2) is 11.2. The van der Waals surface area contributed by atoms with Crippen LogP contribution >= 0.6 is 11.6 Å². The summed E-state index contributed by atoms with van der Waals surface area (Å²) in [5, 5.41) is 3.39. The lowest BCUT2D eigenvalue weighted by Crippen LogP contribution is -2.54. The monoisotopic (exact) mass is 521 g/mol. The van der Waals surface area contributed by atoms with E-state index >= 15 is 0 Å². The second-order valence-electron chi connectivity index (χ2n) is 9.44. The molecule has 0 aromatic heterocycles. The normalized spacial score (nSPS) is 12.5. The van der Waals surface area contributed by atoms with Crippen LogP contribution in [-0.4, -0.2) is 55.3 Å². The fraction of sp³-hybridized carbons (Fsp3) is 0.400. The summed E-state index contributed by atoms with van der Waals surface area (Å²) in [5.74, 6) is -1.18. The molecule has 0 fully saturated rings. The first kappa shape index (κ1) is 28.3. The number of hydrogen-bond donors (Lipinski definition) is 1. The van der Waals surface area contributed by atoms with Crippen molar-refractivity contribution in [2.24, 2.45) is 0 Å². The number of Topliss-reactive ketones (excluding diaryl/α,β-unsaturated/α-hetero) is 1. The molecule has 2 rings (SSSR count). The quantitative estimate of drug-likeness (QED) is 0.507. The molecule has 0 unspecified atom stereocenters. The number of amides is 2. The van der Waals surface area contributed by atoms with Crippen LogP contribution in [0, 0.1) is 0 Å². The zero-order chi connectivity index (χ0) is 26.6. The lowest BCUT2D eigenvalue weighted by molar-refractivity contribution is -0.140. The number of rotatable bonds is 9. The van der Waals surface area contributed by atoms with Gasteiger partial charge in [-0.2, -0.15) is 0 Å². The fourth-order valence-electron chi connectivity index (χ4n) is 3.34. The van der Waals surface area contributed by atoms with Gasteiger partial charge in [0.15, 0.2) is 5.78 Å². The van der Waals surface area contributed by atoms with Gasteiger partial charge in [-0.1, -0.05) is 35.9 Å². The molecule has 0 saturated carbocycles. The number of nitrogens with zero attached hydrogens (tertiary/aromatic N) is 2. The highest BCUT2D eigenvalue weighted by Gasteiger charge is 2.31. The molecule has 190 valence electrons. The molecule has 0 bridgehead atoms. The summed E-state index contributed by atoms with van der Waals surface area (Å²) in [7, 11) is -3.89. The van der Waals surface area contributed by atoms with E-state index in [1.54, 1.807) is 43.3 Å². The molecule has 0 aliphatic rings. The average molecular weight is 522 g/mol. The van der Waals surface area contributed by atoms with E-state index in [9.17, 15) is 22.8 Å². The molecular weight excluding hydrogens is 490 g/mol. The van der Waals surface area contributed by atoms with Crippen molar-refractivity contribution in [1.82, 2.24) is 10.2 Å². The van der Waals surface area contributed by atoms with Crippen molar-refractivity contribution in [2.45, 2.75) is 52.7 Å². The van der Waals surface area contributed by atoms with Crippen molar-refractivity contribution in [3.05, 3.63) is 64.7 Å². The van der Waals surface area contributed by atoms with Gasteiger partial charge in [0.1, 0.15) is 12.6 Å². The summed E-state index contributed by atoms with van der Waals surface area (Å²) in [6.07, 6.45) is 0.986. The summed E-state index contributed by atoms with van der Waals surface area (Å²) < 4.78 is 26.2. The third kappa shape index (κ3) is 8.36. The number of halogens is 1. The van der Waals surface area contributed by atoms with Gasteiger partial charge in [0.25, 0.3) is 0 Å². The predicted molar refractivity (Wildman–Crippen MR) is 138 cm³/mol. The van der Waals surface area contributed by atoms with Crippen LogP contribution in [0.15, 0.2) is 48.5 Å². The van der Waals surface area contributed by atoms with Crippen LogP contribution in [0.1, 0.15) is 50.5 Å². The third-order valence-electron chi connectivity index (χ3n) is 5.15. The Kier molecular flexibility index (Phi) is 9.08. The number of anilines is 1. The molecule has 8 nitrogen and oxygen atoms in total. The van der Waals surface area contributed by atoms with Crippen LogP contribution in [-0.2, 0) is 26.2 Å². The standard InChI is InChI=1S/C25H32ClN3O5S/c1-17(24(32)27-25(3,4)5)28(15-19-10-12-21(26)13-11-19)23(31)16-29(35(6,33)34)22-9-7-8-20(14-22)18(2)30/h7-14,17H,15-16H2,1-6H3,(H,27,32)/t17-/m0/s1. The van der Waals surface area contributed by atoms with Gasteiger partial charge < -0.3 is 10.2 Å². The highest BCUT2D eigenvalue weighted by molar-refractivity contribution is 7.92. The van der Waals surface area contributed by atoms with Crippen LogP contribution in [0.25, 0.3) is 0 Å². The molecule has 2 aromatic rings. The Morgan fingerprint density at radius 1 is 1.06 bits per heavy atom. The van der Waals surface area contributed by atoms with Crippen molar-refractivity contribution in [1.29, 1.82) is 0 Å². The minimum absolute atomic E-state index is 0.0693. The number of benzene rings is 2. The Balaban J connectivity index is 2.43. The van der Waals surface area contributed by atoms with E-state index in [-0.39, 0.29) is 23.9 Å². The minimum atomic E-state index is -3.89. The Morgan fingerprint density at radius 3 is 2.17 bits per heavy atom. The van der Waals surface area contributed by atoms with Gasteiger partial charge in [0.2, 0.25) is 21.8 Å². The molecular formula is C25H32ClN3O5S. The van der Waals surface area contributed by atoms with Crippen molar-refractivity contribution < 1.29 is 22.8 Å².